The zero-order valence-electron chi connectivity index (χ0n) is 10.1. The van der Waals surface area contributed by atoms with Gasteiger partial charge in [0.1, 0.15) is 0 Å². The van der Waals surface area contributed by atoms with E-state index in [1.165, 1.54) is 0 Å². The number of halogens is 1. The zero-order chi connectivity index (χ0) is 12.4. The van der Waals surface area contributed by atoms with Crippen LogP contribution in [0.3, 0.4) is 0 Å². The van der Waals surface area contributed by atoms with Gasteiger partial charge in [-0.05, 0) is 26.0 Å². The van der Waals surface area contributed by atoms with E-state index in [1.54, 1.807) is 4.90 Å². The molecule has 0 radical (unpaired) electrons. The summed E-state index contributed by atoms with van der Waals surface area (Å²) in [6.45, 7) is 4.75. The van der Waals surface area contributed by atoms with Crippen molar-refractivity contribution in [3.63, 3.8) is 0 Å². The number of hydrogen-bond donors (Lipinski definition) is 0. The van der Waals surface area contributed by atoms with Crippen molar-refractivity contribution in [1.82, 2.24) is 4.90 Å². The van der Waals surface area contributed by atoms with Crippen molar-refractivity contribution >= 4 is 23.3 Å². The Hall–Kier alpha value is -1.22. The maximum absolute atomic E-state index is 12.3. The van der Waals surface area contributed by atoms with Crippen molar-refractivity contribution < 1.29 is 4.79 Å². The highest BCUT2D eigenvalue weighted by molar-refractivity contribution is 6.19. The summed E-state index contributed by atoms with van der Waals surface area (Å²) in [7, 11) is 0. The number of rotatable bonds is 3. The molecule has 1 aromatic rings. The molecule has 17 heavy (non-hydrogen) atoms. The Balaban J connectivity index is 2.29. The number of urea groups is 1. The predicted molar refractivity (Wildman–Crippen MR) is 70.7 cm³/mol. The first-order valence-electron chi connectivity index (χ1n) is 5.86. The van der Waals surface area contributed by atoms with Gasteiger partial charge in [0.2, 0.25) is 0 Å². The van der Waals surface area contributed by atoms with Crippen LogP contribution in [0.5, 0.6) is 0 Å². The van der Waals surface area contributed by atoms with Crippen molar-refractivity contribution in [3.05, 3.63) is 30.3 Å². The van der Waals surface area contributed by atoms with E-state index in [4.69, 9.17) is 11.6 Å². The van der Waals surface area contributed by atoms with Gasteiger partial charge in [-0.15, -0.1) is 11.6 Å². The molecule has 1 unspecified atom stereocenters. The third-order valence-corrected chi connectivity index (χ3v) is 3.42. The second-order valence-corrected chi connectivity index (χ2v) is 4.85. The molecular formula is C13H17ClN2O. The molecule has 92 valence electrons. The maximum Gasteiger partial charge on any atom is 0.325 e. The quantitative estimate of drug-likeness (QED) is 0.759. The number of alkyl halides is 1. The van der Waals surface area contributed by atoms with Crippen LogP contribution in [0.4, 0.5) is 10.5 Å². The Morgan fingerprint density at radius 1 is 1.35 bits per heavy atom. The van der Waals surface area contributed by atoms with Crippen molar-refractivity contribution in [2.75, 3.05) is 17.3 Å². The van der Waals surface area contributed by atoms with E-state index in [2.05, 4.69) is 0 Å². The van der Waals surface area contributed by atoms with Gasteiger partial charge in [0.05, 0.1) is 6.04 Å². The summed E-state index contributed by atoms with van der Waals surface area (Å²) >= 11 is 5.97. The van der Waals surface area contributed by atoms with Crippen molar-refractivity contribution in [2.45, 2.75) is 25.9 Å². The second-order valence-electron chi connectivity index (χ2n) is 4.54. The maximum atomic E-state index is 12.3. The normalized spacial score (nSPS) is 20.5. The van der Waals surface area contributed by atoms with Crippen molar-refractivity contribution in [3.8, 4) is 0 Å². The minimum Gasteiger partial charge on any atom is -0.320 e. The van der Waals surface area contributed by atoms with E-state index in [9.17, 15) is 4.79 Å². The number of amides is 2. The van der Waals surface area contributed by atoms with Gasteiger partial charge in [-0.1, -0.05) is 18.2 Å². The third kappa shape index (κ3) is 2.25. The summed E-state index contributed by atoms with van der Waals surface area (Å²) in [5.41, 5.74) is 0.923. The van der Waals surface area contributed by atoms with Gasteiger partial charge in [0, 0.05) is 24.2 Å². The Kier molecular flexibility index (Phi) is 3.57. The van der Waals surface area contributed by atoms with E-state index in [1.807, 2.05) is 49.1 Å². The van der Waals surface area contributed by atoms with Crippen molar-refractivity contribution in [2.24, 2.45) is 0 Å². The van der Waals surface area contributed by atoms with Gasteiger partial charge in [-0.25, -0.2) is 4.79 Å². The molecule has 3 nitrogen and oxygen atoms in total. The average Bonchev–Trinajstić information content (AvgIpc) is 2.67. The van der Waals surface area contributed by atoms with E-state index >= 15 is 0 Å². The highest BCUT2D eigenvalue weighted by atomic mass is 35.5. The lowest BCUT2D eigenvalue weighted by Crippen LogP contribution is -2.37. The van der Waals surface area contributed by atoms with Gasteiger partial charge in [0.25, 0.3) is 0 Å². The third-order valence-electron chi connectivity index (χ3n) is 3.06. The van der Waals surface area contributed by atoms with Crippen LogP contribution < -0.4 is 4.90 Å². The van der Waals surface area contributed by atoms with Gasteiger partial charge in [0.15, 0.2) is 0 Å². The first-order chi connectivity index (χ1) is 8.15. The first-order valence-corrected chi connectivity index (χ1v) is 6.39. The summed E-state index contributed by atoms with van der Waals surface area (Å²) in [4.78, 5) is 16.0. The molecule has 1 aliphatic heterocycles. The van der Waals surface area contributed by atoms with Crippen molar-refractivity contribution in [1.29, 1.82) is 0 Å². The molecule has 2 amide bonds. The van der Waals surface area contributed by atoms with Crippen LogP contribution in [-0.2, 0) is 0 Å². The van der Waals surface area contributed by atoms with Gasteiger partial charge < -0.3 is 4.90 Å². The number of hydrogen-bond acceptors (Lipinski definition) is 1. The van der Waals surface area contributed by atoms with Crippen LogP contribution in [0.1, 0.15) is 13.8 Å². The summed E-state index contributed by atoms with van der Waals surface area (Å²) in [5.74, 6) is 0.462. The first kappa shape index (κ1) is 12.2. The van der Waals surface area contributed by atoms with E-state index in [0.29, 0.717) is 12.4 Å². The number of para-hydroxylation sites is 1. The van der Waals surface area contributed by atoms with Crippen LogP contribution in [0, 0.1) is 0 Å². The molecule has 0 spiro atoms. The predicted octanol–water partition coefficient (Wildman–Crippen LogP) is 2.94. The molecule has 1 fully saturated rings. The summed E-state index contributed by atoms with van der Waals surface area (Å²) < 4.78 is 0. The molecule has 1 saturated heterocycles. The molecule has 4 heteroatoms. The molecule has 0 saturated carbocycles. The lowest BCUT2D eigenvalue weighted by atomic mass is 10.2. The van der Waals surface area contributed by atoms with Crippen LogP contribution in [-0.4, -0.2) is 35.4 Å². The zero-order valence-corrected chi connectivity index (χ0v) is 10.9. The molecule has 0 N–H and O–H groups in total. The highest BCUT2D eigenvalue weighted by Crippen LogP contribution is 2.26. The molecule has 0 aliphatic carbocycles. The van der Waals surface area contributed by atoms with Crippen LogP contribution in [0.25, 0.3) is 0 Å². The molecule has 0 aromatic heterocycles. The number of carbonyl (C=O) groups excluding carboxylic acids is 1. The Morgan fingerprint density at radius 2 is 2.00 bits per heavy atom. The fourth-order valence-corrected chi connectivity index (χ4v) is 2.38. The van der Waals surface area contributed by atoms with Crippen LogP contribution >= 0.6 is 11.6 Å². The van der Waals surface area contributed by atoms with Crippen LogP contribution in [0.15, 0.2) is 30.3 Å². The fraction of sp³-hybridized carbons (Fsp3) is 0.462. The largest absolute Gasteiger partial charge is 0.325 e. The fourth-order valence-electron chi connectivity index (χ4n) is 2.14. The molecule has 2 rings (SSSR count). The lowest BCUT2D eigenvalue weighted by Gasteiger charge is -2.22. The van der Waals surface area contributed by atoms with E-state index < -0.39 is 0 Å². The molecule has 1 aromatic carbocycles. The van der Waals surface area contributed by atoms with Crippen LogP contribution in [0.2, 0.25) is 0 Å². The molecule has 1 atom stereocenters. The van der Waals surface area contributed by atoms with E-state index in [0.717, 1.165) is 5.69 Å². The Morgan fingerprint density at radius 3 is 2.53 bits per heavy atom. The number of carbonyl (C=O) groups is 1. The number of benzene rings is 1. The summed E-state index contributed by atoms with van der Waals surface area (Å²) in [6, 6.07) is 10.0. The standard InChI is InChI=1S/C13H17ClN2O/c1-10(2)15-9-12(8-14)16(13(15)17)11-6-4-3-5-7-11/h3-7,10,12H,8-9H2,1-2H3. The molecule has 1 aliphatic rings. The molecular weight excluding hydrogens is 236 g/mol. The molecule has 0 bridgehead atoms. The molecule has 1 heterocycles. The Bertz CT molecular complexity index is 394. The highest BCUT2D eigenvalue weighted by Gasteiger charge is 2.38. The summed E-state index contributed by atoms with van der Waals surface area (Å²) in [6.07, 6.45) is 0. The average molecular weight is 253 g/mol. The SMILES string of the molecule is CC(C)N1CC(CCl)N(c2ccccc2)C1=O. The number of nitrogens with zero attached hydrogens (tertiary/aromatic N) is 2. The second kappa shape index (κ2) is 4.96. The van der Waals surface area contributed by atoms with E-state index in [-0.39, 0.29) is 18.1 Å². The minimum absolute atomic E-state index is 0.0526. The monoisotopic (exact) mass is 252 g/mol. The van der Waals surface area contributed by atoms with Gasteiger partial charge in [-0.3, -0.25) is 4.90 Å². The Labute approximate surface area is 107 Å². The lowest BCUT2D eigenvalue weighted by molar-refractivity contribution is 0.208. The summed E-state index contributed by atoms with van der Waals surface area (Å²) in [5, 5.41) is 0. The topological polar surface area (TPSA) is 23.6 Å². The smallest absolute Gasteiger partial charge is 0.320 e. The van der Waals surface area contributed by atoms with Gasteiger partial charge >= 0.3 is 6.03 Å². The minimum atomic E-state index is 0.0526. The number of anilines is 1. The van der Waals surface area contributed by atoms with Gasteiger partial charge in [-0.2, -0.15) is 0 Å².